The van der Waals surface area contributed by atoms with Crippen molar-refractivity contribution in [3.8, 4) is 0 Å². The van der Waals surface area contributed by atoms with Crippen molar-refractivity contribution in [2.24, 2.45) is 0 Å². The molecule has 0 atom stereocenters. The Kier molecular flexibility index (Phi) is 5.41. The van der Waals surface area contributed by atoms with E-state index in [-0.39, 0.29) is 0 Å². The van der Waals surface area contributed by atoms with Crippen LogP contribution < -0.4 is 10.8 Å². The third-order valence-electron chi connectivity index (χ3n) is 6.66. The Labute approximate surface area is 165 Å². The number of piperidine rings is 1. The van der Waals surface area contributed by atoms with E-state index in [1.807, 2.05) is 46.7 Å². The van der Waals surface area contributed by atoms with E-state index in [0.29, 0.717) is 37.0 Å². The van der Waals surface area contributed by atoms with Crippen molar-refractivity contribution >= 4 is 12.6 Å². The van der Waals surface area contributed by atoms with Crippen LogP contribution in [0.2, 0.25) is 0 Å². The van der Waals surface area contributed by atoms with Gasteiger partial charge in [-0.25, -0.2) is 0 Å². The molecule has 2 aliphatic rings. The van der Waals surface area contributed by atoms with E-state index in [1.165, 1.54) is 6.07 Å². The minimum Gasteiger partial charge on any atom is -0.399 e. The smallest absolute Gasteiger partial charge is 0.399 e. The van der Waals surface area contributed by atoms with E-state index in [2.05, 4.69) is 5.32 Å². The van der Waals surface area contributed by atoms with Crippen LogP contribution in [0.25, 0.3) is 0 Å². The van der Waals surface area contributed by atoms with E-state index in [9.17, 15) is 13.2 Å². The maximum Gasteiger partial charge on any atom is 0.494 e. The molecule has 0 aromatic heterocycles. The summed E-state index contributed by atoms with van der Waals surface area (Å²) in [4.78, 5) is 1.92. The minimum atomic E-state index is -4.46. The highest BCUT2D eigenvalue weighted by molar-refractivity contribution is 6.62. The second-order valence-corrected chi connectivity index (χ2v) is 9.07. The Hall–Kier alpha value is -1.09. The van der Waals surface area contributed by atoms with Crippen molar-refractivity contribution in [2.75, 3.05) is 27.2 Å². The molecule has 1 N–H and O–H groups in total. The Morgan fingerprint density at radius 2 is 1.54 bits per heavy atom. The van der Waals surface area contributed by atoms with Crippen molar-refractivity contribution in [1.29, 1.82) is 0 Å². The molecule has 0 aliphatic carbocycles. The van der Waals surface area contributed by atoms with Crippen LogP contribution in [0.4, 0.5) is 13.2 Å². The number of alkyl halides is 3. The first kappa shape index (κ1) is 21.6. The molecule has 2 heterocycles. The molecule has 2 saturated heterocycles. The monoisotopic (exact) mass is 398 g/mol. The molecule has 2 fully saturated rings. The largest absolute Gasteiger partial charge is 0.494 e. The number of hydrogen-bond acceptors (Lipinski definition) is 4. The summed E-state index contributed by atoms with van der Waals surface area (Å²) < 4.78 is 54.2. The quantitative estimate of drug-likeness (QED) is 0.794. The maximum atomic E-state index is 14.1. The maximum absolute atomic E-state index is 14.1. The Morgan fingerprint density at radius 3 is 2.00 bits per heavy atom. The molecule has 4 nitrogen and oxygen atoms in total. The van der Waals surface area contributed by atoms with Gasteiger partial charge in [0.2, 0.25) is 0 Å². The molecule has 156 valence electrons. The zero-order valence-electron chi connectivity index (χ0n) is 17.5. The summed E-state index contributed by atoms with van der Waals surface area (Å²) in [7, 11) is 2.89. The number of rotatable bonds is 3. The first-order valence-electron chi connectivity index (χ1n) is 9.76. The predicted molar refractivity (Wildman–Crippen MR) is 105 cm³/mol. The fraction of sp³-hybridized carbons (Fsp3) is 0.700. The van der Waals surface area contributed by atoms with Gasteiger partial charge >= 0.3 is 13.3 Å². The zero-order valence-corrected chi connectivity index (χ0v) is 17.5. The second kappa shape index (κ2) is 7.01. The lowest BCUT2D eigenvalue weighted by Crippen LogP contribution is -2.50. The third-order valence-corrected chi connectivity index (χ3v) is 6.66. The highest BCUT2D eigenvalue weighted by Crippen LogP contribution is 2.43. The fourth-order valence-electron chi connectivity index (χ4n) is 4.13. The average Bonchev–Trinajstić information content (AvgIpc) is 2.82. The second-order valence-electron chi connectivity index (χ2n) is 9.07. The molecule has 0 bridgehead atoms. The lowest BCUT2D eigenvalue weighted by Gasteiger charge is -2.45. The van der Waals surface area contributed by atoms with Crippen LogP contribution in [0.1, 0.15) is 51.7 Å². The van der Waals surface area contributed by atoms with E-state index >= 15 is 0 Å². The molecule has 3 rings (SSSR count). The number of nitrogens with zero attached hydrogens (tertiary/aromatic N) is 1. The summed E-state index contributed by atoms with van der Waals surface area (Å²) in [6, 6.07) is 4.55. The third kappa shape index (κ3) is 3.60. The molecule has 0 radical (unpaired) electrons. The standard InChI is InChI=1S/C20H30BF3N2O2/c1-17(2)18(3,4)28-21(27-17)14-7-8-15(16(13-14)20(22,23)24)19(26(5)6)9-11-25-12-10-19/h7-8,13,25H,9-12H2,1-6H3. The van der Waals surface area contributed by atoms with Gasteiger partial charge in [-0.1, -0.05) is 12.1 Å². The van der Waals surface area contributed by atoms with Crippen LogP contribution in [0.15, 0.2) is 18.2 Å². The van der Waals surface area contributed by atoms with E-state index in [4.69, 9.17) is 9.31 Å². The van der Waals surface area contributed by atoms with Crippen LogP contribution >= 0.6 is 0 Å². The molecule has 1 aromatic rings. The van der Waals surface area contributed by atoms with E-state index < -0.39 is 35.6 Å². The van der Waals surface area contributed by atoms with Crippen LogP contribution in [0.5, 0.6) is 0 Å². The molecular formula is C20H30BF3N2O2. The number of hydrogen-bond donors (Lipinski definition) is 1. The molecular weight excluding hydrogens is 368 g/mol. The molecule has 0 saturated carbocycles. The molecule has 1 aromatic carbocycles. The van der Waals surface area contributed by atoms with E-state index in [0.717, 1.165) is 0 Å². The highest BCUT2D eigenvalue weighted by Gasteiger charge is 2.52. The van der Waals surface area contributed by atoms with Crippen LogP contribution in [-0.4, -0.2) is 50.4 Å². The minimum absolute atomic E-state index is 0.326. The van der Waals surface area contributed by atoms with Gasteiger partial charge < -0.3 is 14.6 Å². The van der Waals surface area contributed by atoms with Gasteiger partial charge in [0, 0.05) is 5.54 Å². The van der Waals surface area contributed by atoms with Gasteiger partial charge in [-0.2, -0.15) is 13.2 Å². The van der Waals surface area contributed by atoms with Crippen LogP contribution in [0.3, 0.4) is 0 Å². The zero-order chi connectivity index (χ0) is 21.0. The normalized spacial score (nSPS) is 24.0. The van der Waals surface area contributed by atoms with Crippen molar-refractivity contribution < 1.29 is 22.5 Å². The predicted octanol–water partition coefficient (Wildman–Crippen LogP) is 3.14. The molecule has 2 aliphatic heterocycles. The SMILES string of the molecule is CN(C)C1(c2ccc(B3OC(C)(C)C(C)(C)O3)cc2C(F)(F)F)CCNCC1. The Balaban J connectivity index is 2.07. The number of nitrogens with one attached hydrogen (secondary N) is 1. The summed E-state index contributed by atoms with van der Waals surface area (Å²) in [6.07, 6.45) is -3.21. The first-order valence-corrected chi connectivity index (χ1v) is 9.76. The van der Waals surface area contributed by atoms with E-state index in [1.54, 1.807) is 12.1 Å². The van der Waals surface area contributed by atoms with Gasteiger partial charge in [-0.05, 0) is 84.8 Å². The molecule has 0 unspecified atom stereocenters. The van der Waals surface area contributed by atoms with Gasteiger partial charge in [-0.15, -0.1) is 0 Å². The molecule has 8 heteroatoms. The summed E-state index contributed by atoms with van der Waals surface area (Å²) in [5.41, 5.74) is -1.73. The molecule has 0 spiro atoms. The van der Waals surface area contributed by atoms with Gasteiger partial charge in [0.15, 0.2) is 0 Å². The topological polar surface area (TPSA) is 33.7 Å². The Morgan fingerprint density at radius 1 is 1.00 bits per heavy atom. The van der Waals surface area contributed by atoms with Crippen molar-refractivity contribution in [3.63, 3.8) is 0 Å². The summed E-state index contributed by atoms with van der Waals surface area (Å²) >= 11 is 0. The van der Waals surface area contributed by atoms with Gasteiger partial charge in [0.1, 0.15) is 0 Å². The van der Waals surface area contributed by atoms with Gasteiger partial charge in [0.25, 0.3) is 0 Å². The van der Waals surface area contributed by atoms with Crippen molar-refractivity contribution in [1.82, 2.24) is 10.2 Å². The first-order chi connectivity index (χ1) is 12.8. The van der Waals surface area contributed by atoms with Gasteiger partial charge in [-0.3, -0.25) is 4.90 Å². The lowest BCUT2D eigenvalue weighted by molar-refractivity contribution is -0.139. The summed E-state index contributed by atoms with van der Waals surface area (Å²) in [5, 5.41) is 3.25. The average molecular weight is 398 g/mol. The van der Waals surface area contributed by atoms with Crippen LogP contribution in [-0.2, 0) is 21.0 Å². The highest BCUT2D eigenvalue weighted by atomic mass is 19.4. The number of benzene rings is 1. The molecule has 28 heavy (non-hydrogen) atoms. The van der Waals surface area contributed by atoms with Gasteiger partial charge in [0.05, 0.1) is 16.8 Å². The summed E-state index contributed by atoms with van der Waals surface area (Å²) in [5.74, 6) is 0. The van der Waals surface area contributed by atoms with Crippen LogP contribution in [0, 0.1) is 0 Å². The fourth-order valence-corrected chi connectivity index (χ4v) is 4.13. The van der Waals surface area contributed by atoms with Crippen molar-refractivity contribution in [3.05, 3.63) is 29.3 Å². The van der Waals surface area contributed by atoms with Crippen molar-refractivity contribution in [2.45, 2.75) is 63.5 Å². The number of halogens is 3. The lowest BCUT2D eigenvalue weighted by atomic mass is 9.73. The Bertz CT molecular complexity index is 713. The summed E-state index contributed by atoms with van der Waals surface area (Å²) in [6.45, 7) is 8.94. The molecule has 0 amide bonds.